The molecule has 2 rings (SSSR count). The van der Waals surface area contributed by atoms with Crippen molar-refractivity contribution in [3.63, 3.8) is 0 Å². The van der Waals surface area contributed by atoms with Gasteiger partial charge < -0.3 is 0 Å². The van der Waals surface area contributed by atoms with E-state index in [9.17, 15) is 4.91 Å². The summed E-state index contributed by atoms with van der Waals surface area (Å²) in [6.45, 7) is 4.44. The van der Waals surface area contributed by atoms with E-state index >= 15 is 0 Å². The van der Waals surface area contributed by atoms with Crippen molar-refractivity contribution >= 4 is 0 Å². The summed E-state index contributed by atoms with van der Waals surface area (Å²) in [5, 5.41) is 3.44. The van der Waals surface area contributed by atoms with Crippen molar-refractivity contribution in [3.05, 3.63) is 17.1 Å². The minimum Gasteiger partial charge on any atom is -0.151 e. The third-order valence-electron chi connectivity index (χ3n) is 4.69. The summed E-state index contributed by atoms with van der Waals surface area (Å²) in [5.74, 6) is 2.64. The van der Waals surface area contributed by atoms with Crippen LogP contribution in [0.15, 0.2) is 17.3 Å². The molecule has 0 aromatic heterocycles. The summed E-state index contributed by atoms with van der Waals surface area (Å²) in [6.07, 6.45) is 10.5. The SMILES string of the molecule is CCC(CC)CC(N=O)[C@@H]1CC2C=CC1C2. The van der Waals surface area contributed by atoms with E-state index in [1.807, 2.05) is 0 Å². The first-order chi connectivity index (χ1) is 7.78. The molecule has 90 valence electrons. The zero-order valence-corrected chi connectivity index (χ0v) is 10.4. The van der Waals surface area contributed by atoms with E-state index < -0.39 is 0 Å². The highest BCUT2D eigenvalue weighted by molar-refractivity contribution is 5.12. The average molecular weight is 221 g/mol. The number of hydrogen-bond donors (Lipinski definition) is 0. The minimum absolute atomic E-state index is 0.0739. The second-order valence-electron chi connectivity index (χ2n) is 5.54. The predicted molar refractivity (Wildman–Crippen MR) is 67.1 cm³/mol. The van der Waals surface area contributed by atoms with Crippen LogP contribution in [0.1, 0.15) is 46.0 Å². The fourth-order valence-corrected chi connectivity index (χ4v) is 3.53. The molecule has 2 bridgehead atoms. The Morgan fingerprint density at radius 3 is 2.44 bits per heavy atom. The van der Waals surface area contributed by atoms with Crippen LogP contribution in [0, 0.1) is 28.6 Å². The van der Waals surface area contributed by atoms with Gasteiger partial charge in [-0.2, -0.15) is 4.91 Å². The molecular formula is C14H23NO. The molecule has 0 aliphatic heterocycles. The van der Waals surface area contributed by atoms with Gasteiger partial charge in [-0.1, -0.05) is 44.0 Å². The molecule has 2 aliphatic carbocycles. The average Bonchev–Trinajstić information content (AvgIpc) is 2.93. The summed E-state index contributed by atoms with van der Waals surface area (Å²) in [4.78, 5) is 11.1. The van der Waals surface area contributed by atoms with Crippen LogP contribution in [0.25, 0.3) is 0 Å². The highest BCUT2D eigenvalue weighted by atomic mass is 16.3. The number of fused-ring (bicyclic) bond motifs is 2. The Kier molecular flexibility index (Phi) is 3.78. The zero-order valence-electron chi connectivity index (χ0n) is 10.4. The molecule has 2 nitrogen and oxygen atoms in total. The standard InChI is InChI=1S/C14H23NO/c1-3-10(4-2)9-14(15-16)13-8-11-5-6-12(13)7-11/h5-6,10-14H,3-4,7-9H2,1-2H3/t11?,12?,13-,14?/m1/s1. The van der Waals surface area contributed by atoms with Crippen LogP contribution in [0.3, 0.4) is 0 Å². The van der Waals surface area contributed by atoms with Crippen molar-refractivity contribution in [1.29, 1.82) is 0 Å². The van der Waals surface area contributed by atoms with Crippen LogP contribution in [0.4, 0.5) is 0 Å². The Morgan fingerprint density at radius 2 is 2.00 bits per heavy atom. The van der Waals surface area contributed by atoms with Crippen molar-refractivity contribution in [2.75, 3.05) is 0 Å². The van der Waals surface area contributed by atoms with Gasteiger partial charge in [-0.15, -0.1) is 0 Å². The quantitative estimate of drug-likeness (QED) is 0.489. The van der Waals surface area contributed by atoms with Crippen LogP contribution in [-0.4, -0.2) is 6.04 Å². The molecule has 1 saturated carbocycles. The normalized spacial score (nSPS) is 33.6. The Hall–Kier alpha value is -0.660. The summed E-state index contributed by atoms with van der Waals surface area (Å²) in [6, 6.07) is 0.0739. The highest BCUT2D eigenvalue weighted by Gasteiger charge is 2.40. The van der Waals surface area contributed by atoms with Crippen molar-refractivity contribution in [2.24, 2.45) is 28.8 Å². The van der Waals surface area contributed by atoms with Gasteiger partial charge in [0.25, 0.3) is 0 Å². The molecule has 2 heteroatoms. The lowest BCUT2D eigenvalue weighted by Gasteiger charge is -2.25. The third-order valence-corrected chi connectivity index (χ3v) is 4.69. The first-order valence-corrected chi connectivity index (χ1v) is 6.79. The first kappa shape index (κ1) is 11.8. The maximum atomic E-state index is 11.1. The van der Waals surface area contributed by atoms with Crippen molar-refractivity contribution in [3.8, 4) is 0 Å². The summed E-state index contributed by atoms with van der Waals surface area (Å²) >= 11 is 0. The fourth-order valence-electron chi connectivity index (χ4n) is 3.53. The number of rotatable bonds is 6. The van der Waals surface area contributed by atoms with Gasteiger partial charge in [0.1, 0.15) is 0 Å². The van der Waals surface area contributed by atoms with E-state index in [1.165, 1.54) is 25.7 Å². The molecule has 0 spiro atoms. The van der Waals surface area contributed by atoms with Crippen LogP contribution >= 0.6 is 0 Å². The molecule has 0 aromatic carbocycles. The molecule has 0 heterocycles. The molecule has 3 unspecified atom stereocenters. The topological polar surface area (TPSA) is 29.4 Å². The molecule has 0 amide bonds. The van der Waals surface area contributed by atoms with Gasteiger partial charge in [-0.25, -0.2) is 0 Å². The van der Waals surface area contributed by atoms with E-state index in [2.05, 4.69) is 31.2 Å². The fraction of sp³-hybridized carbons (Fsp3) is 0.857. The van der Waals surface area contributed by atoms with Crippen molar-refractivity contribution in [1.82, 2.24) is 0 Å². The summed E-state index contributed by atoms with van der Waals surface area (Å²) in [5.41, 5.74) is 0. The Balaban J connectivity index is 1.95. The second kappa shape index (κ2) is 5.11. The second-order valence-corrected chi connectivity index (χ2v) is 5.54. The van der Waals surface area contributed by atoms with E-state index in [0.29, 0.717) is 17.8 Å². The monoisotopic (exact) mass is 221 g/mol. The zero-order chi connectivity index (χ0) is 11.5. The van der Waals surface area contributed by atoms with E-state index in [0.717, 1.165) is 12.3 Å². The van der Waals surface area contributed by atoms with Gasteiger partial charge in [0.05, 0.1) is 6.04 Å². The summed E-state index contributed by atoms with van der Waals surface area (Å²) in [7, 11) is 0. The van der Waals surface area contributed by atoms with Gasteiger partial charge in [0.15, 0.2) is 0 Å². The number of allylic oxidation sites excluding steroid dienone is 2. The minimum atomic E-state index is 0.0739. The molecule has 4 atom stereocenters. The number of hydrogen-bond acceptors (Lipinski definition) is 2. The number of nitroso groups, excluding NO2 is 1. The lowest BCUT2D eigenvalue weighted by Crippen LogP contribution is -2.24. The molecule has 0 saturated heterocycles. The lowest BCUT2D eigenvalue weighted by molar-refractivity contribution is 0.297. The molecule has 16 heavy (non-hydrogen) atoms. The first-order valence-electron chi connectivity index (χ1n) is 6.79. The van der Waals surface area contributed by atoms with Crippen molar-refractivity contribution in [2.45, 2.75) is 52.0 Å². The number of nitrogens with zero attached hydrogens (tertiary/aromatic N) is 1. The van der Waals surface area contributed by atoms with Gasteiger partial charge in [0, 0.05) is 0 Å². The molecule has 0 aromatic rings. The summed E-state index contributed by atoms with van der Waals surface area (Å²) < 4.78 is 0. The third kappa shape index (κ3) is 2.21. The highest BCUT2D eigenvalue weighted by Crippen LogP contribution is 2.46. The maximum Gasteiger partial charge on any atom is 0.0956 e. The van der Waals surface area contributed by atoms with Gasteiger partial charge >= 0.3 is 0 Å². The Morgan fingerprint density at radius 1 is 1.25 bits per heavy atom. The Bertz CT molecular complexity index is 270. The van der Waals surface area contributed by atoms with E-state index in [4.69, 9.17) is 0 Å². The smallest absolute Gasteiger partial charge is 0.0956 e. The van der Waals surface area contributed by atoms with Crippen LogP contribution in [0.2, 0.25) is 0 Å². The van der Waals surface area contributed by atoms with Gasteiger partial charge in [-0.05, 0) is 42.9 Å². The molecular weight excluding hydrogens is 198 g/mol. The van der Waals surface area contributed by atoms with E-state index in [-0.39, 0.29) is 6.04 Å². The van der Waals surface area contributed by atoms with Crippen LogP contribution in [-0.2, 0) is 0 Å². The predicted octanol–water partition coefficient (Wildman–Crippen LogP) is 4.16. The maximum absolute atomic E-state index is 11.1. The van der Waals surface area contributed by atoms with Gasteiger partial charge in [0.2, 0.25) is 0 Å². The van der Waals surface area contributed by atoms with Gasteiger partial charge in [-0.3, -0.25) is 0 Å². The van der Waals surface area contributed by atoms with Crippen LogP contribution < -0.4 is 0 Å². The molecule has 1 fully saturated rings. The molecule has 2 aliphatic rings. The lowest BCUT2D eigenvalue weighted by atomic mass is 9.81. The van der Waals surface area contributed by atoms with Crippen LogP contribution in [0.5, 0.6) is 0 Å². The molecule has 0 N–H and O–H groups in total. The molecule has 0 radical (unpaired) electrons. The van der Waals surface area contributed by atoms with Crippen molar-refractivity contribution < 1.29 is 0 Å². The Labute approximate surface area is 98.5 Å². The largest absolute Gasteiger partial charge is 0.151 e. The van der Waals surface area contributed by atoms with E-state index in [1.54, 1.807) is 0 Å².